The monoisotopic (exact) mass is 236 g/mol. The first kappa shape index (κ1) is 13.2. The molecule has 5 heteroatoms. The maximum absolute atomic E-state index is 11.7. The summed E-state index contributed by atoms with van der Waals surface area (Å²) in [6.07, 6.45) is 0.624. The van der Waals surface area contributed by atoms with Crippen molar-refractivity contribution in [2.75, 3.05) is 18.8 Å². The second-order valence-corrected chi connectivity index (χ2v) is 3.72. The van der Waals surface area contributed by atoms with E-state index in [1.807, 2.05) is 0 Å². The molecule has 0 fully saturated rings. The van der Waals surface area contributed by atoms with Gasteiger partial charge in [0.25, 0.3) is 0 Å². The number of aliphatic carboxylic acids is 1. The molecule has 4 N–H and O–H groups in total. The Labute approximate surface area is 99.6 Å². The number of hydrogen-bond donors (Lipinski definition) is 3. The normalized spacial score (nSPS) is 10.1. The van der Waals surface area contributed by atoms with Gasteiger partial charge in [-0.2, -0.15) is 0 Å². The summed E-state index contributed by atoms with van der Waals surface area (Å²) in [6.45, 7) is 0.712. The van der Waals surface area contributed by atoms with Crippen LogP contribution in [-0.2, 0) is 4.79 Å². The van der Waals surface area contributed by atoms with Crippen molar-refractivity contribution in [1.29, 1.82) is 0 Å². The third-order valence-electron chi connectivity index (χ3n) is 2.24. The lowest BCUT2D eigenvalue weighted by molar-refractivity contribution is -0.137. The van der Waals surface area contributed by atoms with E-state index in [1.54, 1.807) is 24.3 Å². The number of rotatable bonds is 7. The molecule has 0 aromatic heterocycles. The summed E-state index contributed by atoms with van der Waals surface area (Å²) in [4.78, 5) is 21.9. The van der Waals surface area contributed by atoms with Gasteiger partial charge in [-0.3, -0.25) is 9.59 Å². The third-order valence-corrected chi connectivity index (χ3v) is 2.24. The molecule has 0 amide bonds. The zero-order chi connectivity index (χ0) is 12.7. The number of carbonyl (C=O) groups is 2. The number of carboxylic acids is 1. The number of Topliss-reactive ketones (excluding diaryl/α,β-unsaturated/α-hetero) is 1. The Bertz CT molecular complexity index is 404. The van der Waals surface area contributed by atoms with E-state index in [4.69, 9.17) is 10.8 Å². The van der Waals surface area contributed by atoms with Gasteiger partial charge >= 0.3 is 5.97 Å². The Balaban J connectivity index is 2.28. The molecular formula is C12H16N2O3. The number of carbonyl (C=O) groups excluding carboxylic acids is 1. The molecule has 0 aliphatic carbocycles. The molecule has 0 unspecified atom stereocenters. The van der Waals surface area contributed by atoms with Crippen LogP contribution in [0.25, 0.3) is 0 Å². The van der Waals surface area contributed by atoms with E-state index in [0.29, 0.717) is 24.2 Å². The highest BCUT2D eigenvalue weighted by molar-refractivity contribution is 5.98. The van der Waals surface area contributed by atoms with E-state index >= 15 is 0 Å². The quantitative estimate of drug-likeness (QED) is 0.371. The van der Waals surface area contributed by atoms with Crippen molar-refractivity contribution >= 4 is 17.4 Å². The first-order valence-electron chi connectivity index (χ1n) is 5.41. The molecule has 0 atom stereocenters. The molecule has 0 aliphatic rings. The summed E-state index contributed by atoms with van der Waals surface area (Å²) in [5, 5.41) is 11.3. The number of nitrogens with two attached hydrogens (primary N) is 1. The molecule has 0 aliphatic heterocycles. The molecule has 0 saturated heterocycles. The van der Waals surface area contributed by atoms with Crippen LogP contribution in [0, 0.1) is 0 Å². The van der Waals surface area contributed by atoms with E-state index in [1.165, 1.54) is 0 Å². The lowest BCUT2D eigenvalue weighted by atomic mass is 10.1. The molecule has 0 spiro atoms. The van der Waals surface area contributed by atoms with Gasteiger partial charge in [0.1, 0.15) is 0 Å². The van der Waals surface area contributed by atoms with Crippen molar-refractivity contribution < 1.29 is 14.7 Å². The summed E-state index contributed by atoms with van der Waals surface area (Å²) >= 11 is 0. The van der Waals surface area contributed by atoms with Crippen molar-refractivity contribution in [2.45, 2.75) is 12.8 Å². The Kier molecular flexibility index (Phi) is 5.16. The van der Waals surface area contributed by atoms with E-state index in [2.05, 4.69) is 5.32 Å². The second kappa shape index (κ2) is 6.65. The number of benzene rings is 1. The summed E-state index contributed by atoms with van der Waals surface area (Å²) in [7, 11) is 0. The van der Waals surface area contributed by atoms with Crippen LogP contribution in [-0.4, -0.2) is 29.9 Å². The van der Waals surface area contributed by atoms with Crippen LogP contribution < -0.4 is 11.1 Å². The number of ketones is 1. The zero-order valence-electron chi connectivity index (χ0n) is 9.48. The molecule has 0 saturated carbocycles. The van der Waals surface area contributed by atoms with E-state index < -0.39 is 5.97 Å². The number of carboxylic acid groups (broad SMARTS) is 1. The van der Waals surface area contributed by atoms with Crippen molar-refractivity contribution in [2.24, 2.45) is 0 Å². The summed E-state index contributed by atoms with van der Waals surface area (Å²) in [5.74, 6) is -0.874. The largest absolute Gasteiger partial charge is 0.481 e. The molecule has 1 aromatic carbocycles. The van der Waals surface area contributed by atoms with Crippen molar-refractivity contribution in [3.05, 3.63) is 29.8 Å². The second-order valence-electron chi connectivity index (χ2n) is 3.72. The van der Waals surface area contributed by atoms with Gasteiger partial charge in [-0.05, 0) is 25.1 Å². The van der Waals surface area contributed by atoms with Gasteiger partial charge in [0.05, 0.1) is 6.54 Å². The van der Waals surface area contributed by atoms with Gasteiger partial charge in [-0.25, -0.2) is 0 Å². The number of hydrogen-bond acceptors (Lipinski definition) is 4. The third kappa shape index (κ3) is 5.12. The fourth-order valence-corrected chi connectivity index (χ4v) is 1.38. The summed E-state index contributed by atoms with van der Waals surface area (Å²) in [6, 6.07) is 6.78. The standard InChI is InChI=1S/C12H16N2O3/c13-10-4-1-3-9(7-10)11(15)8-14-6-2-5-12(16)17/h1,3-4,7,14H,2,5-6,8,13H2,(H,16,17). The fourth-order valence-electron chi connectivity index (χ4n) is 1.38. The minimum atomic E-state index is -0.825. The number of nitrogens with one attached hydrogen (secondary N) is 1. The Morgan fingerprint density at radius 1 is 1.35 bits per heavy atom. The maximum Gasteiger partial charge on any atom is 0.303 e. The fraction of sp³-hybridized carbons (Fsp3) is 0.333. The van der Waals surface area contributed by atoms with Crippen LogP contribution in [0.5, 0.6) is 0 Å². The van der Waals surface area contributed by atoms with E-state index in [0.717, 1.165) is 0 Å². The first-order chi connectivity index (χ1) is 8.09. The van der Waals surface area contributed by atoms with E-state index in [9.17, 15) is 9.59 Å². The maximum atomic E-state index is 11.7. The van der Waals surface area contributed by atoms with Crippen LogP contribution in [0.15, 0.2) is 24.3 Å². The number of nitrogen functional groups attached to an aromatic ring is 1. The lowest BCUT2D eigenvalue weighted by Gasteiger charge is -2.04. The zero-order valence-corrected chi connectivity index (χ0v) is 9.48. The molecule has 0 bridgehead atoms. The molecule has 1 rings (SSSR count). The minimum absolute atomic E-state index is 0.0485. The van der Waals surface area contributed by atoms with Crippen molar-refractivity contribution in [3.8, 4) is 0 Å². The van der Waals surface area contributed by atoms with Crippen molar-refractivity contribution in [1.82, 2.24) is 5.32 Å². The van der Waals surface area contributed by atoms with Crippen molar-refractivity contribution in [3.63, 3.8) is 0 Å². The summed E-state index contributed by atoms with van der Waals surface area (Å²) in [5.41, 5.74) is 6.69. The van der Waals surface area contributed by atoms with Crippen LogP contribution in [0.4, 0.5) is 5.69 Å². The smallest absolute Gasteiger partial charge is 0.303 e. The highest BCUT2D eigenvalue weighted by atomic mass is 16.4. The Hall–Kier alpha value is -1.88. The molecule has 0 radical (unpaired) electrons. The topological polar surface area (TPSA) is 92.4 Å². The van der Waals surface area contributed by atoms with Gasteiger partial charge in [0.2, 0.25) is 0 Å². The minimum Gasteiger partial charge on any atom is -0.481 e. The Morgan fingerprint density at radius 2 is 2.12 bits per heavy atom. The molecule has 1 aromatic rings. The van der Waals surface area contributed by atoms with E-state index in [-0.39, 0.29) is 18.7 Å². The predicted molar refractivity (Wildman–Crippen MR) is 64.9 cm³/mol. The molecule has 0 heterocycles. The highest BCUT2D eigenvalue weighted by Gasteiger charge is 2.05. The van der Waals surface area contributed by atoms with Crippen LogP contribution >= 0.6 is 0 Å². The number of anilines is 1. The Morgan fingerprint density at radius 3 is 2.76 bits per heavy atom. The van der Waals surface area contributed by atoms with Gasteiger partial charge in [0, 0.05) is 17.7 Å². The van der Waals surface area contributed by atoms with Crippen LogP contribution in [0.1, 0.15) is 23.2 Å². The van der Waals surface area contributed by atoms with Crippen LogP contribution in [0.3, 0.4) is 0 Å². The lowest BCUT2D eigenvalue weighted by Crippen LogP contribution is -2.24. The average Bonchev–Trinajstić information content (AvgIpc) is 2.28. The first-order valence-corrected chi connectivity index (χ1v) is 5.41. The average molecular weight is 236 g/mol. The SMILES string of the molecule is Nc1cccc(C(=O)CNCCCC(=O)O)c1. The van der Waals surface area contributed by atoms with Gasteiger partial charge in [-0.15, -0.1) is 0 Å². The summed E-state index contributed by atoms with van der Waals surface area (Å²) < 4.78 is 0. The van der Waals surface area contributed by atoms with Gasteiger partial charge < -0.3 is 16.2 Å². The molecule has 17 heavy (non-hydrogen) atoms. The van der Waals surface area contributed by atoms with Gasteiger partial charge in [-0.1, -0.05) is 12.1 Å². The highest BCUT2D eigenvalue weighted by Crippen LogP contribution is 2.06. The molecule has 5 nitrogen and oxygen atoms in total. The predicted octanol–water partition coefficient (Wildman–Crippen LogP) is 0.906. The molecule has 92 valence electrons. The van der Waals surface area contributed by atoms with Crippen LogP contribution in [0.2, 0.25) is 0 Å². The molecular weight excluding hydrogens is 220 g/mol. The van der Waals surface area contributed by atoms with Gasteiger partial charge in [0.15, 0.2) is 5.78 Å².